The first-order valence-electron chi connectivity index (χ1n) is 2.59. The van der Waals surface area contributed by atoms with Gasteiger partial charge in [-0.15, -0.1) is 0 Å². The zero-order valence-corrected chi connectivity index (χ0v) is 6.62. The van der Waals surface area contributed by atoms with Gasteiger partial charge in [-0.2, -0.15) is 0 Å². The van der Waals surface area contributed by atoms with Gasteiger partial charge in [0.25, 0.3) is 0 Å². The number of hydrogen-bond donors (Lipinski definition) is 2. The van der Waals surface area contributed by atoms with E-state index in [1.54, 1.807) is 14.0 Å². The SMILES string of the molecule is CNNC(C)S(C)(=O)=O. The second kappa shape index (κ2) is 3.14. The van der Waals surface area contributed by atoms with E-state index in [2.05, 4.69) is 10.9 Å². The molecule has 0 bridgehead atoms. The van der Waals surface area contributed by atoms with Crippen LogP contribution in [-0.4, -0.2) is 27.1 Å². The summed E-state index contributed by atoms with van der Waals surface area (Å²) in [5.74, 6) is 0. The molecule has 1 unspecified atom stereocenters. The van der Waals surface area contributed by atoms with Crippen molar-refractivity contribution >= 4 is 9.84 Å². The van der Waals surface area contributed by atoms with Gasteiger partial charge in [0, 0.05) is 6.26 Å². The van der Waals surface area contributed by atoms with Crippen LogP contribution in [0.15, 0.2) is 0 Å². The molecule has 0 aliphatic rings. The highest BCUT2D eigenvalue weighted by molar-refractivity contribution is 7.91. The highest BCUT2D eigenvalue weighted by Crippen LogP contribution is 1.89. The summed E-state index contributed by atoms with van der Waals surface area (Å²) in [7, 11) is -1.31. The first-order chi connectivity index (χ1) is 3.98. The van der Waals surface area contributed by atoms with Crippen LogP contribution in [0.2, 0.25) is 0 Å². The molecule has 0 aromatic heterocycles. The molecular formula is C4H12N2O2S. The van der Waals surface area contributed by atoms with E-state index in [0.717, 1.165) is 0 Å². The van der Waals surface area contributed by atoms with E-state index in [4.69, 9.17) is 0 Å². The standard InChI is InChI=1S/C4H12N2O2S/c1-4(6-5-2)9(3,7)8/h4-6H,1-3H3. The molecule has 0 saturated heterocycles. The predicted octanol–water partition coefficient (Wildman–Crippen LogP) is -0.899. The fraction of sp³-hybridized carbons (Fsp3) is 1.00. The van der Waals surface area contributed by atoms with Crippen molar-refractivity contribution in [1.82, 2.24) is 10.9 Å². The Bertz CT molecular complexity index is 163. The summed E-state index contributed by atoms with van der Waals surface area (Å²) in [5.41, 5.74) is 5.09. The van der Waals surface area contributed by atoms with Crippen LogP contribution in [-0.2, 0) is 9.84 Å². The van der Waals surface area contributed by atoms with Crippen molar-refractivity contribution in [3.63, 3.8) is 0 Å². The summed E-state index contributed by atoms with van der Waals surface area (Å²) in [6, 6.07) is 0. The van der Waals surface area contributed by atoms with Crippen molar-refractivity contribution in [1.29, 1.82) is 0 Å². The third kappa shape index (κ3) is 3.45. The van der Waals surface area contributed by atoms with Gasteiger partial charge in [0.15, 0.2) is 9.84 Å². The van der Waals surface area contributed by atoms with Crippen LogP contribution in [0.1, 0.15) is 6.92 Å². The van der Waals surface area contributed by atoms with Gasteiger partial charge in [-0.25, -0.2) is 13.8 Å². The molecule has 2 N–H and O–H groups in total. The van der Waals surface area contributed by atoms with Gasteiger partial charge in [0.1, 0.15) is 5.37 Å². The maximum atomic E-state index is 10.6. The van der Waals surface area contributed by atoms with Gasteiger partial charge in [0.2, 0.25) is 0 Å². The second-order valence-corrected chi connectivity index (χ2v) is 4.23. The van der Waals surface area contributed by atoms with E-state index in [-0.39, 0.29) is 0 Å². The van der Waals surface area contributed by atoms with E-state index >= 15 is 0 Å². The lowest BCUT2D eigenvalue weighted by Gasteiger charge is -2.08. The molecule has 5 heteroatoms. The van der Waals surface area contributed by atoms with Gasteiger partial charge < -0.3 is 0 Å². The van der Waals surface area contributed by atoms with Crippen LogP contribution in [0.4, 0.5) is 0 Å². The lowest BCUT2D eigenvalue weighted by molar-refractivity contribution is 0.534. The molecular weight excluding hydrogens is 140 g/mol. The number of hydrazine groups is 1. The normalized spacial score (nSPS) is 15.4. The van der Waals surface area contributed by atoms with Crippen molar-refractivity contribution in [2.45, 2.75) is 12.3 Å². The topological polar surface area (TPSA) is 58.2 Å². The van der Waals surface area contributed by atoms with E-state index in [0.29, 0.717) is 0 Å². The Morgan fingerprint density at radius 1 is 1.44 bits per heavy atom. The monoisotopic (exact) mass is 152 g/mol. The Hall–Kier alpha value is -0.130. The third-order valence-corrected chi connectivity index (χ3v) is 2.39. The molecule has 0 radical (unpaired) electrons. The van der Waals surface area contributed by atoms with Crippen LogP contribution in [0, 0.1) is 0 Å². The highest BCUT2D eigenvalue weighted by Gasteiger charge is 2.11. The van der Waals surface area contributed by atoms with Crippen LogP contribution in [0.25, 0.3) is 0 Å². The Morgan fingerprint density at radius 3 is 2.00 bits per heavy atom. The van der Waals surface area contributed by atoms with Crippen LogP contribution < -0.4 is 10.9 Å². The fourth-order valence-corrected chi connectivity index (χ4v) is 0.642. The maximum Gasteiger partial charge on any atom is 0.164 e. The average molecular weight is 152 g/mol. The molecule has 0 heterocycles. The fourth-order valence-electron chi connectivity index (χ4n) is 0.310. The molecule has 0 fully saturated rings. The van der Waals surface area contributed by atoms with Crippen molar-refractivity contribution < 1.29 is 8.42 Å². The third-order valence-electron chi connectivity index (χ3n) is 0.990. The van der Waals surface area contributed by atoms with E-state index in [1.807, 2.05) is 0 Å². The molecule has 0 amide bonds. The molecule has 0 spiro atoms. The first kappa shape index (κ1) is 8.87. The molecule has 1 atom stereocenters. The molecule has 0 aromatic carbocycles. The summed E-state index contributed by atoms with van der Waals surface area (Å²) in [6.45, 7) is 1.58. The molecule has 0 aliphatic carbocycles. The predicted molar refractivity (Wildman–Crippen MR) is 36.5 cm³/mol. The second-order valence-electron chi connectivity index (χ2n) is 1.87. The van der Waals surface area contributed by atoms with E-state index < -0.39 is 15.2 Å². The Labute approximate surface area is 55.5 Å². The zero-order chi connectivity index (χ0) is 7.49. The average Bonchev–Trinajstić information content (AvgIpc) is 1.64. The Balaban J connectivity index is 3.90. The minimum Gasteiger partial charge on any atom is -0.260 e. The minimum absolute atomic E-state index is 0.525. The van der Waals surface area contributed by atoms with Crippen molar-refractivity contribution in [3.8, 4) is 0 Å². The zero-order valence-electron chi connectivity index (χ0n) is 5.80. The number of rotatable bonds is 3. The molecule has 0 aromatic rings. The lowest BCUT2D eigenvalue weighted by atomic mass is 10.8. The highest BCUT2D eigenvalue weighted by atomic mass is 32.2. The van der Waals surface area contributed by atoms with Gasteiger partial charge in [0.05, 0.1) is 0 Å². The number of nitrogens with one attached hydrogen (secondary N) is 2. The van der Waals surface area contributed by atoms with E-state index in [1.165, 1.54) is 6.26 Å². The van der Waals surface area contributed by atoms with Crippen molar-refractivity contribution in [2.24, 2.45) is 0 Å². The van der Waals surface area contributed by atoms with Crippen molar-refractivity contribution in [3.05, 3.63) is 0 Å². The Morgan fingerprint density at radius 2 is 1.89 bits per heavy atom. The maximum absolute atomic E-state index is 10.6. The largest absolute Gasteiger partial charge is 0.260 e. The quantitative estimate of drug-likeness (QED) is 0.515. The first-order valence-corrected chi connectivity index (χ1v) is 4.55. The van der Waals surface area contributed by atoms with Gasteiger partial charge in [-0.3, -0.25) is 5.43 Å². The Kier molecular flexibility index (Phi) is 3.10. The van der Waals surface area contributed by atoms with Crippen LogP contribution >= 0.6 is 0 Å². The van der Waals surface area contributed by atoms with Crippen LogP contribution in [0.3, 0.4) is 0 Å². The minimum atomic E-state index is -2.94. The number of hydrogen-bond acceptors (Lipinski definition) is 4. The molecule has 0 saturated carbocycles. The summed E-state index contributed by atoms with van der Waals surface area (Å²) in [5, 5.41) is -0.525. The summed E-state index contributed by atoms with van der Waals surface area (Å²) < 4.78 is 21.2. The van der Waals surface area contributed by atoms with Crippen LogP contribution in [0.5, 0.6) is 0 Å². The summed E-state index contributed by atoms with van der Waals surface area (Å²) in [4.78, 5) is 0. The van der Waals surface area contributed by atoms with Gasteiger partial charge >= 0.3 is 0 Å². The molecule has 4 nitrogen and oxygen atoms in total. The van der Waals surface area contributed by atoms with Crippen molar-refractivity contribution in [2.75, 3.05) is 13.3 Å². The molecule has 56 valence electrons. The van der Waals surface area contributed by atoms with Gasteiger partial charge in [-0.1, -0.05) is 0 Å². The smallest absolute Gasteiger partial charge is 0.164 e. The summed E-state index contributed by atoms with van der Waals surface area (Å²) >= 11 is 0. The van der Waals surface area contributed by atoms with E-state index in [9.17, 15) is 8.42 Å². The molecule has 0 rings (SSSR count). The lowest BCUT2D eigenvalue weighted by Crippen LogP contribution is -2.40. The molecule has 0 aliphatic heterocycles. The number of sulfone groups is 1. The van der Waals surface area contributed by atoms with Gasteiger partial charge in [-0.05, 0) is 14.0 Å². The summed E-state index contributed by atoms with van der Waals surface area (Å²) in [6.07, 6.45) is 1.18. The molecule has 9 heavy (non-hydrogen) atoms.